The average Bonchev–Trinajstić information content (AvgIpc) is 2.90. The molecule has 94 valence electrons. The molecule has 6 heteroatoms. The zero-order valence-corrected chi connectivity index (χ0v) is 10.1. The average molecular weight is 238 g/mol. The fourth-order valence-corrected chi connectivity index (χ4v) is 1.96. The highest BCUT2D eigenvalue weighted by molar-refractivity contribution is 5.90. The minimum absolute atomic E-state index is 0.127. The molecule has 1 amide bonds. The molecule has 1 aromatic heterocycles. The van der Waals surface area contributed by atoms with Crippen molar-refractivity contribution in [3.05, 3.63) is 12.2 Å². The number of H-pyrrole nitrogens is 1. The Morgan fingerprint density at radius 3 is 3.18 bits per heavy atom. The predicted octanol–water partition coefficient (Wildman–Crippen LogP) is 0.836. The standard InChI is InChI=1S/C11H18N4O2/c1-15(11(16)10-12-8-13-14-10)6-5-9-4-2-3-7-17-9/h8-9H,2-7H2,1H3,(H,12,13,14)/t9-/m0/s1. The van der Waals surface area contributed by atoms with E-state index >= 15 is 0 Å². The SMILES string of the molecule is CN(CC[C@@H]1CCCCO1)C(=O)c1ncn[nH]1. The minimum atomic E-state index is -0.127. The first-order valence-corrected chi connectivity index (χ1v) is 6.00. The monoisotopic (exact) mass is 238 g/mol. The summed E-state index contributed by atoms with van der Waals surface area (Å²) in [6.45, 7) is 1.54. The number of ether oxygens (including phenoxy) is 1. The zero-order valence-electron chi connectivity index (χ0n) is 10.1. The topological polar surface area (TPSA) is 71.1 Å². The van der Waals surface area contributed by atoms with Crippen LogP contribution in [0.5, 0.6) is 0 Å². The molecule has 0 unspecified atom stereocenters. The van der Waals surface area contributed by atoms with Crippen molar-refractivity contribution in [1.29, 1.82) is 0 Å². The number of aromatic nitrogens is 3. The number of amides is 1. The fraction of sp³-hybridized carbons (Fsp3) is 0.727. The van der Waals surface area contributed by atoms with E-state index in [1.54, 1.807) is 11.9 Å². The molecule has 1 fully saturated rings. The Morgan fingerprint density at radius 1 is 1.65 bits per heavy atom. The van der Waals surface area contributed by atoms with Crippen LogP contribution in [0.15, 0.2) is 6.33 Å². The normalized spacial score (nSPS) is 20.2. The van der Waals surface area contributed by atoms with E-state index < -0.39 is 0 Å². The quantitative estimate of drug-likeness (QED) is 0.843. The van der Waals surface area contributed by atoms with Crippen molar-refractivity contribution in [3.63, 3.8) is 0 Å². The van der Waals surface area contributed by atoms with Crippen LogP contribution in [-0.4, -0.2) is 52.3 Å². The summed E-state index contributed by atoms with van der Waals surface area (Å²) in [5.41, 5.74) is 0. The van der Waals surface area contributed by atoms with Gasteiger partial charge in [-0.25, -0.2) is 4.98 Å². The third-order valence-electron chi connectivity index (χ3n) is 3.02. The van der Waals surface area contributed by atoms with Crippen LogP contribution in [0, 0.1) is 0 Å². The largest absolute Gasteiger partial charge is 0.378 e. The van der Waals surface area contributed by atoms with Crippen LogP contribution >= 0.6 is 0 Å². The van der Waals surface area contributed by atoms with E-state index in [-0.39, 0.29) is 11.7 Å². The van der Waals surface area contributed by atoms with Gasteiger partial charge in [0.2, 0.25) is 5.82 Å². The molecule has 1 aliphatic heterocycles. The molecule has 1 atom stereocenters. The Bertz CT molecular complexity index is 346. The second-order valence-corrected chi connectivity index (χ2v) is 4.34. The summed E-state index contributed by atoms with van der Waals surface area (Å²) in [6, 6.07) is 0. The van der Waals surface area contributed by atoms with E-state index in [1.165, 1.54) is 12.7 Å². The second kappa shape index (κ2) is 5.77. The number of nitrogens with one attached hydrogen (secondary N) is 1. The molecule has 2 heterocycles. The number of rotatable bonds is 4. The Hall–Kier alpha value is -1.43. The minimum Gasteiger partial charge on any atom is -0.378 e. The maximum absolute atomic E-state index is 11.8. The molecule has 0 spiro atoms. The number of aromatic amines is 1. The van der Waals surface area contributed by atoms with Crippen molar-refractivity contribution in [1.82, 2.24) is 20.1 Å². The molecule has 0 bridgehead atoms. The lowest BCUT2D eigenvalue weighted by Gasteiger charge is -2.24. The lowest BCUT2D eigenvalue weighted by molar-refractivity contribution is 0.00702. The first kappa shape index (κ1) is 12.0. The van der Waals surface area contributed by atoms with Crippen LogP contribution < -0.4 is 0 Å². The molecular formula is C11H18N4O2. The van der Waals surface area contributed by atoms with E-state index in [0.717, 1.165) is 25.9 Å². The molecule has 0 radical (unpaired) electrons. The summed E-state index contributed by atoms with van der Waals surface area (Å²) in [5, 5.41) is 6.24. The zero-order chi connectivity index (χ0) is 12.1. The Morgan fingerprint density at radius 2 is 2.53 bits per heavy atom. The summed E-state index contributed by atoms with van der Waals surface area (Å²) in [6.07, 6.45) is 6.01. The lowest BCUT2D eigenvalue weighted by Crippen LogP contribution is -2.32. The third-order valence-corrected chi connectivity index (χ3v) is 3.02. The molecule has 1 N–H and O–H groups in total. The van der Waals surface area contributed by atoms with E-state index in [1.807, 2.05) is 0 Å². The van der Waals surface area contributed by atoms with Gasteiger partial charge in [0.25, 0.3) is 5.91 Å². The van der Waals surface area contributed by atoms with Crippen molar-refractivity contribution < 1.29 is 9.53 Å². The van der Waals surface area contributed by atoms with Crippen LogP contribution in [0.2, 0.25) is 0 Å². The fourth-order valence-electron chi connectivity index (χ4n) is 1.96. The summed E-state index contributed by atoms with van der Waals surface area (Å²) < 4.78 is 5.63. The molecular weight excluding hydrogens is 220 g/mol. The Balaban J connectivity index is 1.76. The smallest absolute Gasteiger partial charge is 0.290 e. The van der Waals surface area contributed by atoms with E-state index in [2.05, 4.69) is 15.2 Å². The summed E-state index contributed by atoms with van der Waals surface area (Å²) >= 11 is 0. The van der Waals surface area contributed by atoms with Crippen LogP contribution in [0.4, 0.5) is 0 Å². The van der Waals surface area contributed by atoms with Crippen LogP contribution in [-0.2, 0) is 4.74 Å². The van der Waals surface area contributed by atoms with Crippen LogP contribution in [0.1, 0.15) is 36.3 Å². The van der Waals surface area contributed by atoms with Gasteiger partial charge >= 0.3 is 0 Å². The number of carbonyl (C=O) groups is 1. The van der Waals surface area contributed by atoms with Crippen LogP contribution in [0.3, 0.4) is 0 Å². The van der Waals surface area contributed by atoms with E-state index in [4.69, 9.17) is 4.74 Å². The van der Waals surface area contributed by atoms with Gasteiger partial charge < -0.3 is 9.64 Å². The van der Waals surface area contributed by atoms with Gasteiger partial charge in [-0.3, -0.25) is 9.89 Å². The first-order valence-electron chi connectivity index (χ1n) is 6.00. The molecule has 0 saturated carbocycles. The number of hydrogen-bond donors (Lipinski definition) is 1. The highest BCUT2D eigenvalue weighted by Gasteiger charge is 2.18. The maximum atomic E-state index is 11.8. The van der Waals surface area contributed by atoms with Gasteiger partial charge in [-0.15, -0.1) is 0 Å². The van der Waals surface area contributed by atoms with Crippen LogP contribution in [0.25, 0.3) is 0 Å². The summed E-state index contributed by atoms with van der Waals surface area (Å²) in [4.78, 5) is 17.3. The summed E-state index contributed by atoms with van der Waals surface area (Å²) in [7, 11) is 1.77. The molecule has 1 aliphatic rings. The second-order valence-electron chi connectivity index (χ2n) is 4.34. The maximum Gasteiger partial charge on any atom is 0.290 e. The molecule has 1 aromatic rings. The van der Waals surface area contributed by atoms with E-state index in [9.17, 15) is 4.79 Å². The number of hydrogen-bond acceptors (Lipinski definition) is 4. The molecule has 0 aliphatic carbocycles. The van der Waals surface area contributed by atoms with Crippen molar-refractivity contribution in [2.75, 3.05) is 20.2 Å². The molecule has 17 heavy (non-hydrogen) atoms. The van der Waals surface area contributed by atoms with Gasteiger partial charge in [0, 0.05) is 20.2 Å². The van der Waals surface area contributed by atoms with Crippen molar-refractivity contribution >= 4 is 5.91 Å². The van der Waals surface area contributed by atoms with Crippen molar-refractivity contribution in [3.8, 4) is 0 Å². The van der Waals surface area contributed by atoms with Gasteiger partial charge in [-0.1, -0.05) is 0 Å². The Labute approximate surface area is 100 Å². The highest BCUT2D eigenvalue weighted by Crippen LogP contribution is 2.15. The third kappa shape index (κ3) is 3.26. The lowest BCUT2D eigenvalue weighted by atomic mass is 10.1. The van der Waals surface area contributed by atoms with E-state index in [0.29, 0.717) is 12.6 Å². The van der Waals surface area contributed by atoms with Gasteiger partial charge in [0.05, 0.1) is 6.10 Å². The molecule has 6 nitrogen and oxygen atoms in total. The Kier molecular flexibility index (Phi) is 4.08. The van der Waals surface area contributed by atoms with Gasteiger partial charge in [-0.05, 0) is 25.7 Å². The molecule has 1 saturated heterocycles. The van der Waals surface area contributed by atoms with Gasteiger partial charge in [0.15, 0.2) is 0 Å². The summed E-state index contributed by atoms with van der Waals surface area (Å²) in [5.74, 6) is 0.162. The van der Waals surface area contributed by atoms with Crippen molar-refractivity contribution in [2.45, 2.75) is 31.8 Å². The van der Waals surface area contributed by atoms with Gasteiger partial charge in [0.1, 0.15) is 6.33 Å². The molecule has 2 rings (SSSR count). The first-order chi connectivity index (χ1) is 8.27. The number of carbonyl (C=O) groups excluding carboxylic acids is 1. The van der Waals surface area contributed by atoms with Crippen molar-refractivity contribution in [2.24, 2.45) is 0 Å². The van der Waals surface area contributed by atoms with Gasteiger partial charge in [-0.2, -0.15) is 5.10 Å². The highest BCUT2D eigenvalue weighted by atomic mass is 16.5. The molecule has 0 aromatic carbocycles. The predicted molar refractivity (Wildman–Crippen MR) is 61.6 cm³/mol. The number of nitrogens with zero attached hydrogens (tertiary/aromatic N) is 3.